The number of nitrogens with one attached hydrogen (secondary N) is 1. The Kier molecular flexibility index (Phi) is 4.42. The van der Waals surface area contributed by atoms with Crippen LogP contribution in [0.2, 0.25) is 0 Å². The molecule has 0 aliphatic heterocycles. The maximum absolute atomic E-state index is 11.5. The van der Waals surface area contributed by atoms with Crippen LogP contribution in [0, 0.1) is 24.2 Å². The molecule has 0 amide bonds. The second kappa shape index (κ2) is 5.60. The fourth-order valence-corrected chi connectivity index (χ4v) is 2.10. The van der Waals surface area contributed by atoms with Crippen molar-refractivity contribution in [1.29, 1.82) is 0 Å². The minimum atomic E-state index is 0.228. The van der Waals surface area contributed by atoms with Gasteiger partial charge in [0, 0.05) is 18.2 Å². The van der Waals surface area contributed by atoms with Gasteiger partial charge in [-0.2, -0.15) is 0 Å². The van der Waals surface area contributed by atoms with Crippen molar-refractivity contribution in [2.24, 2.45) is 11.8 Å². The number of carbonyl (C=O) groups is 1. The Hall–Kier alpha value is -1.23. The highest BCUT2D eigenvalue weighted by Crippen LogP contribution is 2.26. The fraction of sp³-hybridized carbons (Fsp3) is 0.615. The summed E-state index contributed by atoms with van der Waals surface area (Å²) in [6.45, 7) is 4.89. The van der Waals surface area contributed by atoms with Crippen LogP contribution in [0.3, 0.4) is 0 Å². The lowest BCUT2D eigenvalue weighted by Gasteiger charge is -2.23. The normalized spacial score (nSPS) is 21.1. The van der Waals surface area contributed by atoms with Gasteiger partial charge in [0.05, 0.1) is 6.54 Å². The van der Waals surface area contributed by atoms with E-state index in [2.05, 4.69) is 25.1 Å². The van der Waals surface area contributed by atoms with Crippen molar-refractivity contribution in [3.8, 4) is 12.3 Å². The maximum atomic E-state index is 11.5. The van der Waals surface area contributed by atoms with Gasteiger partial charge in [0.2, 0.25) is 0 Å². The first kappa shape index (κ1) is 11.8. The summed E-state index contributed by atoms with van der Waals surface area (Å²) in [5.41, 5.74) is 1.01. The average Bonchev–Trinajstić information content (AvgIpc) is 2.12. The van der Waals surface area contributed by atoms with Crippen LogP contribution in [0.25, 0.3) is 0 Å². The van der Waals surface area contributed by atoms with E-state index in [-0.39, 0.29) is 5.78 Å². The molecule has 0 saturated carbocycles. The molecule has 0 aromatic heterocycles. The molecular formula is C13H19NO. The van der Waals surface area contributed by atoms with Crippen molar-refractivity contribution < 1.29 is 4.79 Å². The van der Waals surface area contributed by atoms with Gasteiger partial charge in [-0.1, -0.05) is 19.8 Å². The Morgan fingerprint density at radius 3 is 2.93 bits per heavy atom. The average molecular weight is 205 g/mol. The van der Waals surface area contributed by atoms with Crippen LogP contribution in [0.4, 0.5) is 0 Å². The van der Waals surface area contributed by atoms with Crippen LogP contribution in [-0.2, 0) is 4.79 Å². The Bertz CT molecular complexity index is 296. The first-order chi connectivity index (χ1) is 7.11. The summed E-state index contributed by atoms with van der Waals surface area (Å²) in [5, 5.41) is 3.11. The minimum absolute atomic E-state index is 0.228. The third-order valence-corrected chi connectivity index (χ3v) is 2.56. The van der Waals surface area contributed by atoms with Gasteiger partial charge in [-0.3, -0.25) is 4.79 Å². The first-order valence-corrected chi connectivity index (χ1v) is 5.52. The zero-order valence-electron chi connectivity index (χ0n) is 9.55. The van der Waals surface area contributed by atoms with Gasteiger partial charge >= 0.3 is 0 Å². The van der Waals surface area contributed by atoms with Gasteiger partial charge in [0.15, 0.2) is 5.78 Å². The number of terminal acetylenes is 1. The Morgan fingerprint density at radius 2 is 2.33 bits per heavy atom. The van der Waals surface area contributed by atoms with Crippen LogP contribution >= 0.6 is 0 Å². The molecule has 0 fully saturated rings. The standard InChI is InChI=1S/C13H19NO/c1-4-5-14-12-7-11(6-10(2)3)8-13(15)9-12/h1,9-11,14H,5-8H2,2-3H3/t11-/m1/s1. The lowest BCUT2D eigenvalue weighted by atomic mass is 9.85. The van der Waals surface area contributed by atoms with E-state index in [9.17, 15) is 4.79 Å². The maximum Gasteiger partial charge on any atom is 0.157 e. The zero-order chi connectivity index (χ0) is 11.3. The molecule has 1 aliphatic carbocycles. The zero-order valence-corrected chi connectivity index (χ0v) is 9.55. The van der Waals surface area contributed by atoms with Gasteiger partial charge in [0.1, 0.15) is 0 Å². The van der Waals surface area contributed by atoms with E-state index in [0.717, 1.165) is 18.5 Å². The fourth-order valence-electron chi connectivity index (χ4n) is 2.10. The lowest BCUT2D eigenvalue weighted by molar-refractivity contribution is -0.116. The van der Waals surface area contributed by atoms with Crippen LogP contribution in [-0.4, -0.2) is 12.3 Å². The van der Waals surface area contributed by atoms with Crippen LogP contribution in [0.15, 0.2) is 11.8 Å². The smallest absolute Gasteiger partial charge is 0.157 e. The number of allylic oxidation sites excluding steroid dienone is 2. The third kappa shape index (κ3) is 4.20. The summed E-state index contributed by atoms with van der Waals surface area (Å²) in [4.78, 5) is 11.5. The molecule has 0 radical (unpaired) electrons. The van der Waals surface area contributed by atoms with Crippen molar-refractivity contribution in [1.82, 2.24) is 5.32 Å². The van der Waals surface area contributed by atoms with Crippen molar-refractivity contribution in [2.75, 3.05) is 6.54 Å². The molecule has 0 aromatic rings. The summed E-state index contributed by atoms with van der Waals surface area (Å²) in [5.74, 6) is 3.89. The first-order valence-electron chi connectivity index (χ1n) is 5.52. The highest BCUT2D eigenvalue weighted by Gasteiger charge is 2.20. The monoisotopic (exact) mass is 205 g/mol. The topological polar surface area (TPSA) is 29.1 Å². The molecule has 2 nitrogen and oxygen atoms in total. The molecule has 0 saturated heterocycles. The van der Waals surface area contributed by atoms with Crippen LogP contribution in [0.5, 0.6) is 0 Å². The number of ketones is 1. The SMILES string of the molecule is C#CCNC1=CC(=O)C[C@H](CC(C)C)C1. The molecule has 82 valence electrons. The van der Waals surface area contributed by atoms with Gasteiger partial charge < -0.3 is 5.32 Å². The molecule has 0 aromatic carbocycles. The second-order valence-electron chi connectivity index (χ2n) is 4.60. The molecule has 2 heteroatoms. The second-order valence-corrected chi connectivity index (χ2v) is 4.60. The van der Waals surface area contributed by atoms with Gasteiger partial charge in [-0.05, 0) is 24.7 Å². The van der Waals surface area contributed by atoms with Crippen LogP contribution < -0.4 is 5.32 Å². The Morgan fingerprint density at radius 1 is 1.60 bits per heavy atom. The van der Waals surface area contributed by atoms with E-state index in [1.165, 1.54) is 0 Å². The summed E-state index contributed by atoms with van der Waals surface area (Å²) in [6, 6.07) is 0. The highest BCUT2D eigenvalue weighted by atomic mass is 16.1. The van der Waals surface area contributed by atoms with Gasteiger partial charge in [-0.15, -0.1) is 6.42 Å². The Balaban J connectivity index is 2.52. The predicted octanol–water partition coefficient (Wildman–Crippen LogP) is 2.12. The summed E-state index contributed by atoms with van der Waals surface area (Å²) in [6.07, 6.45) is 9.64. The molecule has 1 rings (SSSR count). The number of carbonyl (C=O) groups excluding carboxylic acids is 1. The third-order valence-electron chi connectivity index (χ3n) is 2.56. The molecule has 0 bridgehead atoms. The number of hydrogen-bond donors (Lipinski definition) is 1. The van der Waals surface area contributed by atoms with Gasteiger partial charge in [-0.25, -0.2) is 0 Å². The molecule has 0 unspecified atom stereocenters. The summed E-state index contributed by atoms with van der Waals surface area (Å²) in [7, 11) is 0. The summed E-state index contributed by atoms with van der Waals surface area (Å²) < 4.78 is 0. The minimum Gasteiger partial charge on any atom is -0.377 e. The van der Waals surface area contributed by atoms with E-state index >= 15 is 0 Å². The molecular weight excluding hydrogens is 186 g/mol. The molecule has 0 heterocycles. The van der Waals surface area contributed by atoms with E-state index < -0.39 is 0 Å². The van der Waals surface area contributed by atoms with Gasteiger partial charge in [0.25, 0.3) is 0 Å². The van der Waals surface area contributed by atoms with Crippen molar-refractivity contribution in [2.45, 2.75) is 33.1 Å². The molecule has 1 N–H and O–H groups in total. The van der Waals surface area contributed by atoms with E-state index in [1.54, 1.807) is 6.08 Å². The number of rotatable bonds is 4. The van der Waals surface area contributed by atoms with Crippen molar-refractivity contribution >= 4 is 5.78 Å². The van der Waals surface area contributed by atoms with E-state index in [4.69, 9.17) is 6.42 Å². The quantitative estimate of drug-likeness (QED) is 0.712. The molecule has 1 aliphatic rings. The van der Waals surface area contributed by atoms with E-state index in [0.29, 0.717) is 24.8 Å². The van der Waals surface area contributed by atoms with E-state index in [1.807, 2.05) is 0 Å². The van der Waals surface area contributed by atoms with Crippen LogP contribution in [0.1, 0.15) is 33.1 Å². The highest BCUT2D eigenvalue weighted by molar-refractivity contribution is 5.91. The lowest BCUT2D eigenvalue weighted by Crippen LogP contribution is -2.23. The van der Waals surface area contributed by atoms with Crippen molar-refractivity contribution in [3.05, 3.63) is 11.8 Å². The molecule has 0 spiro atoms. The van der Waals surface area contributed by atoms with Crippen molar-refractivity contribution in [3.63, 3.8) is 0 Å². The summed E-state index contributed by atoms with van der Waals surface area (Å²) >= 11 is 0. The molecule has 15 heavy (non-hydrogen) atoms. The Labute approximate surface area is 92.1 Å². The number of hydrogen-bond acceptors (Lipinski definition) is 2. The predicted molar refractivity (Wildman–Crippen MR) is 62.1 cm³/mol. The largest absolute Gasteiger partial charge is 0.377 e. The molecule has 1 atom stereocenters.